The predicted molar refractivity (Wildman–Crippen MR) is 136 cm³/mol. The lowest BCUT2D eigenvalue weighted by Gasteiger charge is -2.49. The highest BCUT2D eigenvalue weighted by molar-refractivity contribution is 9.13. The molecular weight excluding hydrogens is 584 g/mol. The van der Waals surface area contributed by atoms with Crippen molar-refractivity contribution in [3.8, 4) is 0 Å². The van der Waals surface area contributed by atoms with E-state index in [2.05, 4.69) is 114 Å². The number of nitrogens with two attached hydrogens (primary N) is 1. The fourth-order valence-electron chi connectivity index (χ4n) is 5.37. The van der Waals surface area contributed by atoms with Gasteiger partial charge in [0.2, 0.25) is 5.95 Å². The van der Waals surface area contributed by atoms with Crippen LogP contribution in [0.5, 0.6) is 0 Å². The van der Waals surface area contributed by atoms with Gasteiger partial charge >= 0.3 is 0 Å². The fourth-order valence-corrected chi connectivity index (χ4v) is 7.09. The van der Waals surface area contributed by atoms with Crippen molar-refractivity contribution in [1.82, 2.24) is 9.97 Å². The molecule has 0 radical (unpaired) electrons. The van der Waals surface area contributed by atoms with Gasteiger partial charge in [0.15, 0.2) is 0 Å². The van der Waals surface area contributed by atoms with Crippen LogP contribution in [0.3, 0.4) is 0 Å². The number of fused-ring (bicyclic) bond motifs is 2. The van der Waals surface area contributed by atoms with Crippen LogP contribution in [0.4, 0.5) is 5.95 Å². The van der Waals surface area contributed by atoms with Crippen LogP contribution in [-0.2, 0) is 0 Å². The molecule has 1 heterocycles. The van der Waals surface area contributed by atoms with Gasteiger partial charge in [0.05, 0.1) is 16.0 Å². The standard InChI is InChI=1S/C24H19Br3N4/c1-10-17(25)19(27)23-22(18(10)26)30-24(31-23)29-21-16-13-8-4-2-6-11(13)15(20(21)28)12-7-3-5-9-14(12)16/h2-9,15-16,20-21H,28H2,1H3,(H2,29,30,31). The molecule has 0 spiro atoms. The zero-order chi connectivity index (χ0) is 21.4. The Labute approximate surface area is 205 Å². The maximum absolute atomic E-state index is 6.91. The summed E-state index contributed by atoms with van der Waals surface area (Å²) in [6, 6.07) is 17.4. The number of nitrogens with one attached hydrogen (secondary N) is 2. The number of rotatable bonds is 2. The number of nitrogens with zero attached hydrogens (tertiary/aromatic N) is 1. The Morgan fingerprint density at radius 3 is 1.97 bits per heavy atom. The maximum atomic E-state index is 6.91. The van der Waals surface area contributed by atoms with Gasteiger partial charge in [0.1, 0.15) is 5.52 Å². The van der Waals surface area contributed by atoms with Gasteiger partial charge in [0, 0.05) is 26.8 Å². The molecule has 0 saturated carbocycles. The van der Waals surface area contributed by atoms with E-state index in [0.29, 0.717) is 0 Å². The average Bonchev–Trinajstić information content (AvgIpc) is 3.22. The normalized spacial score (nSPS) is 23.6. The fraction of sp³-hybridized carbons (Fsp3) is 0.208. The highest BCUT2D eigenvalue weighted by atomic mass is 79.9. The smallest absolute Gasteiger partial charge is 0.201 e. The van der Waals surface area contributed by atoms with Crippen LogP contribution in [0.15, 0.2) is 61.9 Å². The number of aromatic amines is 1. The monoisotopic (exact) mass is 600 g/mol. The van der Waals surface area contributed by atoms with Crippen LogP contribution < -0.4 is 11.1 Å². The summed E-state index contributed by atoms with van der Waals surface area (Å²) in [7, 11) is 0. The number of H-pyrrole nitrogens is 1. The SMILES string of the molecule is Cc1c(Br)c(Br)c2nc(NC3C4c5ccccc5C(c5ccccc54)C3N)[nH]c2c1Br. The summed E-state index contributed by atoms with van der Waals surface area (Å²) in [5.74, 6) is 1.09. The number of hydrogen-bond donors (Lipinski definition) is 3. The number of anilines is 1. The third-order valence-corrected chi connectivity index (χ3v) is 10.1. The lowest BCUT2D eigenvalue weighted by atomic mass is 9.59. The van der Waals surface area contributed by atoms with Crippen molar-refractivity contribution >= 4 is 64.8 Å². The molecule has 4 aromatic rings. The van der Waals surface area contributed by atoms with Gasteiger partial charge in [-0.1, -0.05) is 48.5 Å². The van der Waals surface area contributed by atoms with E-state index in [-0.39, 0.29) is 23.9 Å². The molecule has 0 amide bonds. The Kier molecular flexibility index (Phi) is 4.62. The second kappa shape index (κ2) is 7.17. The quantitative estimate of drug-likeness (QED) is 0.228. The Morgan fingerprint density at radius 1 is 0.839 bits per heavy atom. The molecule has 2 atom stereocenters. The number of halogens is 3. The number of aromatic nitrogens is 2. The molecule has 3 aliphatic carbocycles. The van der Waals surface area contributed by atoms with E-state index in [1.807, 2.05) is 0 Å². The molecule has 3 aromatic carbocycles. The van der Waals surface area contributed by atoms with E-state index in [4.69, 9.17) is 10.7 Å². The number of imidazole rings is 1. The third-order valence-electron chi connectivity index (χ3n) is 6.78. The van der Waals surface area contributed by atoms with Gasteiger partial charge in [-0.05, 0) is 82.5 Å². The number of hydrogen-bond acceptors (Lipinski definition) is 3. The summed E-state index contributed by atoms with van der Waals surface area (Å²) in [5, 5.41) is 3.68. The number of benzene rings is 3. The van der Waals surface area contributed by atoms with E-state index < -0.39 is 0 Å². The first-order valence-corrected chi connectivity index (χ1v) is 12.6. The minimum atomic E-state index is -0.0524. The molecule has 4 N–H and O–H groups in total. The molecule has 0 saturated heterocycles. The Balaban J connectivity index is 1.48. The van der Waals surface area contributed by atoms with E-state index in [1.54, 1.807) is 0 Å². The summed E-state index contributed by atoms with van der Waals surface area (Å²) in [6.45, 7) is 2.07. The zero-order valence-corrected chi connectivity index (χ0v) is 21.3. The Hall–Kier alpha value is -1.67. The van der Waals surface area contributed by atoms with E-state index in [9.17, 15) is 0 Å². The second-order valence-corrected chi connectivity index (χ2v) is 10.7. The lowest BCUT2D eigenvalue weighted by molar-refractivity contribution is 0.404. The minimum absolute atomic E-state index is 0.0393. The summed E-state index contributed by atoms with van der Waals surface area (Å²) >= 11 is 11.1. The van der Waals surface area contributed by atoms with Gasteiger partial charge in [-0.3, -0.25) is 0 Å². The molecule has 3 aliphatic rings. The first-order chi connectivity index (χ1) is 15.0. The van der Waals surface area contributed by atoms with Crippen LogP contribution in [0, 0.1) is 6.92 Å². The minimum Gasteiger partial charge on any atom is -0.351 e. The zero-order valence-electron chi connectivity index (χ0n) is 16.6. The van der Waals surface area contributed by atoms with Gasteiger partial charge in [-0.15, -0.1) is 0 Å². The maximum Gasteiger partial charge on any atom is 0.201 e. The molecule has 1 aromatic heterocycles. The summed E-state index contributed by atoms with van der Waals surface area (Å²) in [4.78, 5) is 8.34. The molecular formula is C24H19Br3N4. The summed E-state index contributed by atoms with van der Waals surface area (Å²) in [6.07, 6.45) is 0. The third kappa shape index (κ3) is 2.76. The highest BCUT2D eigenvalue weighted by Gasteiger charge is 2.48. The van der Waals surface area contributed by atoms with E-state index in [1.165, 1.54) is 22.3 Å². The average molecular weight is 603 g/mol. The van der Waals surface area contributed by atoms with Crippen molar-refractivity contribution in [2.75, 3.05) is 5.32 Å². The topological polar surface area (TPSA) is 66.7 Å². The second-order valence-electron chi connectivity index (χ2n) is 8.34. The summed E-state index contributed by atoms with van der Waals surface area (Å²) in [5.41, 5.74) is 15.3. The van der Waals surface area contributed by atoms with Crippen molar-refractivity contribution in [3.05, 3.63) is 89.8 Å². The molecule has 2 bridgehead atoms. The van der Waals surface area contributed by atoms with Gasteiger partial charge in [-0.2, -0.15) is 0 Å². The van der Waals surface area contributed by atoms with Gasteiger partial charge < -0.3 is 16.0 Å². The largest absolute Gasteiger partial charge is 0.351 e. The predicted octanol–water partition coefficient (Wildman–Crippen LogP) is 6.56. The van der Waals surface area contributed by atoms with Crippen LogP contribution in [0.2, 0.25) is 0 Å². The molecule has 0 fully saturated rings. The Bertz CT molecular complexity index is 1270. The van der Waals surface area contributed by atoms with Crippen molar-refractivity contribution in [3.63, 3.8) is 0 Å². The molecule has 2 unspecified atom stereocenters. The molecule has 0 aliphatic heterocycles. The molecule has 4 nitrogen and oxygen atoms in total. The van der Waals surface area contributed by atoms with Gasteiger partial charge in [-0.25, -0.2) is 4.98 Å². The van der Waals surface area contributed by atoms with Crippen LogP contribution in [-0.4, -0.2) is 22.1 Å². The molecule has 7 rings (SSSR count). The van der Waals surface area contributed by atoms with Crippen molar-refractivity contribution in [1.29, 1.82) is 0 Å². The van der Waals surface area contributed by atoms with Crippen LogP contribution >= 0.6 is 47.8 Å². The van der Waals surface area contributed by atoms with E-state index in [0.717, 1.165) is 36.0 Å². The first kappa shape index (κ1) is 20.0. The van der Waals surface area contributed by atoms with Crippen molar-refractivity contribution < 1.29 is 0 Å². The molecule has 156 valence electrons. The van der Waals surface area contributed by atoms with Crippen LogP contribution in [0.1, 0.15) is 39.7 Å². The van der Waals surface area contributed by atoms with E-state index >= 15 is 0 Å². The first-order valence-electron chi connectivity index (χ1n) is 10.2. The Morgan fingerprint density at radius 2 is 1.39 bits per heavy atom. The summed E-state index contributed by atoms with van der Waals surface area (Å²) < 4.78 is 2.95. The van der Waals surface area contributed by atoms with Crippen LogP contribution in [0.25, 0.3) is 11.0 Å². The van der Waals surface area contributed by atoms with Gasteiger partial charge in [0.25, 0.3) is 0 Å². The molecule has 7 heteroatoms. The van der Waals surface area contributed by atoms with Crippen molar-refractivity contribution in [2.24, 2.45) is 5.73 Å². The molecule has 31 heavy (non-hydrogen) atoms. The lowest BCUT2D eigenvalue weighted by Crippen LogP contribution is -2.55. The van der Waals surface area contributed by atoms with Crippen molar-refractivity contribution in [2.45, 2.75) is 30.8 Å². The highest BCUT2D eigenvalue weighted by Crippen LogP contribution is 2.52.